The first-order valence-corrected chi connectivity index (χ1v) is 5.74. The van der Waals surface area contributed by atoms with Crippen LogP contribution in [0, 0.1) is 6.92 Å². The van der Waals surface area contributed by atoms with Gasteiger partial charge in [-0.3, -0.25) is 5.10 Å². The molecule has 0 bridgehead atoms. The molecule has 0 fully saturated rings. The number of nitrogens with zero attached hydrogens (tertiary/aromatic N) is 4. The molecule has 2 rings (SSSR count). The van der Waals surface area contributed by atoms with Gasteiger partial charge < -0.3 is 9.57 Å². The van der Waals surface area contributed by atoms with E-state index in [4.69, 9.17) is 9.57 Å². The van der Waals surface area contributed by atoms with Gasteiger partial charge in [-0.05, 0) is 19.9 Å². The molecule has 0 aliphatic carbocycles. The molecule has 19 heavy (non-hydrogen) atoms. The maximum absolute atomic E-state index is 5.47. The molecule has 0 aliphatic rings. The molecular weight excluding hydrogens is 246 g/mol. The van der Waals surface area contributed by atoms with E-state index in [1.807, 2.05) is 19.9 Å². The lowest BCUT2D eigenvalue weighted by Gasteiger charge is -2.03. The van der Waals surface area contributed by atoms with Crippen LogP contribution in [0.1, 0.15) is 24.1 Å². The standard InChI is InChI=1S/C12H15N5O2/c1-8(17-18-3)10-4-5-12(13-6-10)19-7-11-14-9(2)15-16-11/h4-6H,7H2,1-3H3,(H,14,15,16). The van der Waals surface area contributed by atoms with Gasteiger partial charge in [-0.15, -0.1) is 0 Å². The van der Waals surface area contributed by atoms with Crippen molar-refractivity contribution in [3.63, 3.8) is 0 Å². The highest BCUT2D eigenvalue weighted by Crippen LogP contribution is 2.10. The second-order valence-corrected chi connectivity index (χ2v) is 3.87. The first-order valence-electron chi connectivity index (χ1n) is 5.74. The van der Waals surface area contributed by atoms with Crippen molar-refractivity contribution in [2.75, 3.05) is 7.11 Å². The van der Waals surface area contributed by atoms with Crippen LogP contribution in [0.15, 0.2) is 23.5 Å². The summed E-state index contributed by atoms with van der Waals surface area (Å²) >= 11 is 0. The maximum Gasteiger partial charge on any atom is 0.213 e. The average molecular weight is 261 g/mol. The highest BCUT2D eigenvalue weighted by molar-refractivity contribution is 5.98. The van der Waals surface area contributed by atoms with E-state index >= 15 is 0 Å². The van der Waals surface area contributed by atoms with E-state index < -0.39 is 0 Å². The van der Waals surface area contributed by atoms with Crippen molar-refractivity contribution in [1.82, 2.24) is 20.2 Å². The smallest absolute Gasteiger partial charge is 0.213 e. The van der Waals surface area contributed by atoms with Gasteiger partial charge in [0.1, 0.15) is 12.9 Å². The van der Waals surface area contributed by atoms with Crippen LogP contribution in [0.5, 0.6) is 5.88 Å². The topological polar surface area (TPSA) is 85.3 Å². The number of H-pyrrole nitrogens is 1. The molecule has 2 aromatic rings. The van der Waals surface area contributed by atoms with E-state index in [0.717, 1.165) is 17.1 Å². The molecule has 1 N–H and O–H groups in total. The van der Waals surface area contributed by atoms with Crippen LogP contribution in [0.3, 0.4) is 0 Å². The minimum Gasteiger partial charge on any atom is -0.469 e. The Morgan fingerprint density at radius 2 is 2.26 bits per heavy atom. The van der Waals surface area contributed by atoms with Crippen molar-refractivity contribution in [1.29, 1.82) is 0 Å². The van der Waals surface area contributed by atoms with Crippen molar-refractivity contribution >= 4 is 5.71 Å². The Kier molecular flexibility index (Phi) is 4.07. The third-order valence-electron chi connectivity index (χ3n) is 2.38. The Bertz CT molecular complexity index is 562. The zero-order valence-corrected chi connectivity index (χ0v) is 11.0. The lowest BCUT2D eigenvalue weighted by Crippen LogP contribution is -2.01. The molecule has 0 aliphatic heterocycles. The second-order valence-electron chi connectivity index (χ2n) is 3.87. The lowest BCUT2D eigenvalue weighted by atomic mass is 10.2. The average Bonchev–Trinajstić information content (AvgIpc) is 2.83. The molecule has 0 saturated carbocycles. The summed E-state index contributed by atoms with van der Waals surface area (Å²) in [6, 6.07) is 3.63. The Morgan fingerprint density at radius 3 is 2.84 bits per heavy atom. The van der Waals surface area contributed by atoms with Crippen LogP contribution >= 0.6 is 0 Å². The molecule has 0 amide bonds. The fourth-order valence-electron chi connectivity index (χ4n) is 1.46. The Labute approximate surface area is 110 Å². The second kappa shape index (κ2) is 5.94. The Hall–Kier alpha value is -2.44. The molecule has 2 aromatic heterocycles. The number of aryl methyl sites for hydroxylation is 1. The quantitative estimate of drug-likeness (QED) is 0.650. The monoisotopic (exact) mass is 261 g/mol. The van der Waals surface area contributed by atoms with E-state index in [0.29, 0.717) is 11.7 Å². The minimum atomic E-state index is 0.280. The van der Waals surface area contributed by atoms with Gasteiger partial charge in [0.05, 0.1) is 5.71 Å². The Balaban J connectivity index is 1.97. The van der Waals surface area contributed by atoms with Crippen LogP contribution in [-0.2, 0) is 11.4 Å². The van der Waals surface area contributed by atoms with Gasteiger partial charge >= 0.3 is 0 Å². The SMILES string of the molecule is CON=C(C)c1ccc(OCc2n[nH]c(C)n2)nc1. The van der Waals surface area contributed by atoms with Crippen molar-refractivity contribution in [3.8, 4) is 5.88 Å². The first kappa shape index (κ1) is 13.0. The van der Waals surface area contributed by atoms with Gasteiger partial charge in [-0.1, -0.05) is 5.16 Å². The molecule has 0 radical (unpaired) electrons. The van der Waals surface area contributed by atoms with Gasteiger partial charge in [0.15, 0.2) is 12.4 Å². The summed E-state index contributed by atoms with van der Waals surface area (Å²) in [7, 11) is 1.51. The van der Waals surface area contributed by atoms with Gasteiger partial charge in [-0.25, -0.2) is 9.97 Å². The number of hydrogen-bond acceptors (Lipinski definition) is 6. The molecule has 0 atom stereocenters. The number of hydrogen-bond donors (Lipinski definition) is 1. The highest BCUT2D eigenvalue weighted by Gasteiger charge is 2.03. The molecule has 0 spiro atoms. The minimum absolute atomic E-state index is 0.280. The maximum atomic E-state index is 5.47. The van der Waals surface area contributed by atoms with Crippen molar-refractivity contribution in [2.45, 2.75) is 20.5 Å². The predicted octanol–water partition coefficient (Wildman–Crippen LogP) is 1.46. The molecule has 100 valence electrons. The van der Waals surface area contributed by atoms with Gasteiger partial charge in [-0.2, -0.15) is 5.10 Å². The molecule has 2 heterocycles. The third-order valence-corrected chi connectivity index (χ3v) is 2.38. The van der Waals surface area contributed by atoms with Crippen molar-refractivity contribution in [2.24, 2.45) is 5.16 Å². The summed E-state index contributed by atoms with van der Waals surface area (Å²) in [6.45, 7) is 3.96. The number of nitrogens with one attached hydrogen (secondary N) is 1. The van der Waals surface area contributed by atoms with E-state index in [1.165, 1.54) is 7.11 Å². The number of oxime groups is 1. The van der Waals surface area contributed by atoms with E-state index in [9.17, 15) is 0 Å². The van der Waals surface area contributed by atoms with Crippen LogP contribution < -0.4 is 4.74 Å². The number of rotatable bonds is 5. The predicted molar refractivity (Wildman–Crippen MR) is 68.9 cm³/mol. The number of aromatic nitrogens is 4. The first-order chi connectivity index (χ1) is 9.19. The van der Waals surface area contributed by atoms with Crippen LogP contribution in [0.2, 0.25) is 0 Å². The highest BCUT2D eigenvalue weighted by atomic mass is 16.6. The number of pyridine rings is 1. The Morgan fingerprint density at radius 1 is 1.42 bits per heavy atom. The summed E-state index contributed by atoms with van der Waals surface area (Å²) in [5.74, 6) is 1.87. The number of ether oxygens (including phenoxy) is 1. The van der Waals surface area contributed by atoms with E-state index in [-0.39, 0.29) is 6.61 Å². The van der Waals surface area contributed by atoms with Crippen molar-refractivity contribution in [3.05, 3.63) is 35.5 Å². The van der Waals surface area contributed by atoms with Crippen LogP contribution in [0.4, 0.5) is 0 Å². The van der Waals surface area contributed by atoms with Gasteiger partial charge in [0.25, 0.3) is 0 Å². The summed E-state index contributed by atoms with van der Waals surface area (Å²) in [5, 5.41) is 10.6. The molecular formula is C12H15N5O2. The van der Waals surface area contributed by atoms with E-state index in [1.54, 1.807) is 12.3 Å². The largest absolute Gasteiger partial charge is 0.469 e. The van der Waals surface area contributed by atoms with E-state index in [2.05, 4.69) is 25.3 Å². The van der Waals surface area contributed by atoms with Crippen LogP contribution in [-0.4, -0.2) is 33.0 Å². The molecule has 7 nitrogen and oxygen atoms in total. The zero-order chi connectivity index (χ0) is 13.7. The fraction of sp³-hybridized carbons (Fsp3) is 0.333. The fourth-order valence-corrected chi connectivity index (χ4v) is 1.46. The molecule has 7 heteroatoms. The zero-order valence-electron chi connectivity index (χ0n) is 11.0. The van der Waals surface area contributed by atoms with Crippen LogP contribution in [0.25, 0.3) is 0 Å². The van der Waals surface area contributed by atoms with Gasteiger partial charge in [0, 0.05) is 17.8 Å². The van der Waals surface area contributed by atoms with Crippen molar-refractivity contribution < 1.29 is 9.57 Å². The summed E-state index contributed by atoms with van der Waals surface area (Å²) in [5.41, 5.74) is 1.63. The summed E-state index contributed by atoms with van der Waals surface area (Å²) in [6.07, 6.45) is 1.68. The van der Waals surface area contributed by atoms with Gasteiger partial charge in [0.2, 0.25) is 5.88 Å². The number of aromatic amines is 1. The summed E-state index contributed by atoms with van der Waals surface area (Å²) < 4.78 is 5.47. The molecule has 0 saturated heterocycles. The third kappa shape index (κ3) is 3.51. The summed E-state index contributed by atoms with van der Waals surface area (Å²) in [4.78, 5) is 13.0. The molecule has 0 unspecified atom stereocenters. The lowest BCUT2D eigenvalue weighted by molar-refractivity contribution is 0.213. The normalized spacial score (nSPS) is 11.4. The molecule has 0 aromatic carbocycles.